The minimum atomic E-state index is 0.330. The van der Waals surface area contributed by atoms with Crippen LogP contribution in [0.1, 0.15) is 120 Å². The molecule has 2 N–H and O–H groups in total. The Balaban J connectivity index is 1.56. The Kier molecular flexibility index (Phi) is 4.96. The zero-order chi connectivity index (χ0) is 22.6. The summed E-state index contributed by atoms with van der Waals surface area (Å²) >= 11 is 0. The predicted molar refractivity (Wildman–Crippen MR) is 133 cm³/mol. The molecular weight excluding hydrogens is 374 g/mol. The maximum Gasteiger partial charge on any atom is 0.00988 e. The van der Waals surface area contributed by atoms with Crippen molar-refractivity contribution in [1.82, 2.24) is 0 Å². The van der Waals surface area contributed by atoms with Crippen LogP contribution in [0.2, 0.25) is 0 Å². The average molecular weight is 428 g/mol. The standard InChI is InChI=1S/C30H53N/c1-19(2)20-11-15-27(5)17-18-28(6)21(25(20)27)9-10-23-29(28,7)16-12-22-26(3,4)14-13-24(31)30(22,23)8/h19-25H,9-18,31H2,1-8H3/t20-,21?,22?,23?,24?,25?,27-,28-,29-,30+/m1/s1. The van der Waals surface area contributed by atoms with E-state index in [0.29, 0.717) is 33.1 Å². The number of nitrogens with two attached hydrogens (primary N) is 1. The summed E-state index contributed by atoms with van der Waals surface area (Å²) in [5, 5.41) is 0. The molecule has 5 saturated carbocycles. The van der Waals surface area contributed by atoms with E-state index in [0.717, 1.165) is 35.5 Å². The van der Waals surface area contributed by atoms with Crippen molar-refractivity contribution >= 4 is 0 Å². The summed E-state index contributed by atoms with van der Waals surface area (Å²) in [5.41, 5.74) is 9.48. The average Bonchev–Trinajstić information content (AvgIpc) is 3.04. The van der Waals surface area contributed by atoms with E-state index in [4.69, 9.17) is 5.73 Å². The van der Waals surface area contributed by atoms with Crippen LogP contribution in [-0.2, 0) is 0 Å². The van der Waals surface area contributed by atoms with Gasteiger partial charge in [0.05, 0.1) is 0 Å². The number of hydrogen-bond donors (Lipinski definition) is 1. The molecule has 0 amide bonds. The molecule has 5 rings (SSSR count). The van der Waals surface area contributed by atoms with Crippen molar-refractivity contribution in [2.45, 2.75) is 126 Å². The second-order valence-electron chi connectivity index (χ2n) is 15.3. The van der Waals surface area contributed by atoms with Gasteiger partial charge < -0.3 is 5.73 Å². The maximum absolute atomic E-state index is 7.09. The molecule has 5 aliphatic rings. The Morgan fingerprint density at radius 2 is 1.39 bits per heavy atom. The SMILES string of the molecule is CC(C)[C@H]1CC[C@]2(C)CC[C@]3(C)C(CCC4[C@@]5(C)C(N)CCC(C)(C)C5CC[C@]43C)C12. The van der Waals surface area contributed by atoms with E-state index < -0.39 is 0 Å². The van der Waals surface area contributed by atoms with E-state index in [1.165, 1.54) is 64.2 Å². The van der Waals surface area contributed by atoms with E-state index in [9.17, 15) is 0 Å². The highest BCUT2D eigenvalue weighted by molar-refractivity contribution is 5.20. The molecule has 31 heavy (non-hydrogen) atoms. The van der Waals surface area contributed by atoms with Crippen molar-refractivity contribution in [3.05, 3.63) is 0 Å². The maximum atomic E-state index is 7.09. The van der Waals surface area contributed by atoms with Gasteiger partial charge in [-0.2, -0.15) is 0 Å². The van der Waals surface area contributed by atoms with E-state index in [2.05, 4.69) is 55.4 Å². The minimum absolute atomic E-state index is 0.330. The summed E-state index contributed by atoms with van der Waals surface area (Å²) in [6.45, 7) is 21.1. The molecule has 0 aliphatic heterocycles. The largest absolute Gasteiger partial charge is 0.327 e. The molecule has 0 saturated heterocycles. The van der Waals surface area contributed by atoms with Crippen LogP contribution in [0.5, 0.6) is 0 Å². The van der Waals surface area contributed by atoms with Gasteiger partial charge in [0.15, 0.2) is 0 Å². The van der Waals surface area contributed by atoms with Crippen molar-refractivity contribution < 1.29 is 0 Å². The predicted octanol–water partition coefficient (Wildman–Crippen LogP) is 8.07. The summed E-state index contributed by atoms with van der Waals surface area (Å²) in [7, 11) is 0. The second-order valence-corrected chi connectivity index (χ2v) is 15.3. The quantitative estimate of drug-likeness (QED) is 0.450. The molecule has 0 spiro atoms. The molecular formula is C30H53N. The molecule has 0 heterocycles. The van der Waals surface area contributed by atoms with Gasteiger partial charge in [-0.05, 0) is 127 Å². The van der Waals surface area contributed by atoms with Crippen molar-refractivity contribution in [1.29, 1.82) is 0 Å². The van der Waals surface area contributed by atoms with Crippen LogP contribution >= 0.6 is 0 Å². The first-order chi connectivity index (χ1) is 14.3. The van der Waals surface area contributed by atoms with Crippen molar-refractivity contribution in [2.24, 2.45) is 68.3 Å². The summed E-state index contributed by atoms with van der Waals surface area (Å²) in [5.74, 6) is 5.34. The first kappa shape index (κ1) is 22.7. The lowest BCUT2D eigenvalue weighted by molar-refractivity contribution is -0.240. The fourth-order valence-corrected chi connectivity index (χ4v) is 11.8. The van der Waals surface area contributed by atoms with Gasteiger partial charge in [0, 0.05) is 6.04 Å². The van der Waals surface area contributed by atoms with E-state index in [-0.39, 0.29) is 0 Å². The minimum Gasteiger partial charge on any atom is -0.327 e. The van der Waals surface area contributed by atoms with Crippen LogP contribution in [0, 0.1) is 62.6 Å². The third-order valence-corrected chi connectivity index (χ3v) is 13.8. The third-order valence-electron chi connectivity index (χ3n) is 13.8. The lowest BCUT2D eigenvalue weighted by Crippen LogP contribution is -2.69. The van der Waals surface area contributed by atoms with Gasteiger partial charge in [0.1, 0.15) is 0 Å². The molecule has 5 unspecified atom stereocenters. The monoisotopic (exact) mass is 427 g/mol. The fraction of sp³-hybridized carbons (Fsp3) is 1.00. The van der Waals surface area contributed by atoms with Gasteiger partial charge >= 0.3 is 0 Å². The Labute approximate surface area is 194 Å². The summed E-state index contributed by atoms with van der Waals surface area (Å²) in [6, 6.07) is 0.402. The lowest BCUT2D eigenvalue weighted by Gasteiger charge is -2.73. The van der Waals surface area contributed by atoms with Crippen LogP contribution in [0.15, 0.2) is 0 Å². The molecule has 0 aromatic rings. The van der Waals surface area contributed by atoms with E-state index >= 15 is 0 Å². The highest BCUT2D eigenvalue weighted by Crippen LogP contribution is 2.77. The lowest BCUT2D eigenvalue weighted by atomic mass is 9.32. The second kappa shape index (κ2) is 6.76. The smallest absolute Gasteiger partial charge is 0.00988 e. The first-order valence-corrected chi connectivity index (χ1v) is 14.1. The molecule has 1 nitrogen and oxygen atoms in total. The summed E-state index contributed by atoms with van der Waals surface area (Å²) in [4.78, 5) is 0. The normalized spacial score (nSPS) is 58.3. The molecule has 0 bridgehead atoms. The number of hydrogen-bond acceptors (Lipinski definition) is 1. The number of fused-ring (bicyclic) bond motifs is 7. The van der Waals surface area contributed by atoms with E-state index in [1.807, 2.05) is 0 Å². The van der Waals surface area contributed by atoms with Gasteiger partial charge in [-0.1, -0.05) is 55.4 Å². The highest BCUT2D eigenvalue weighted by atomic mass is 14.8. The van der Waals surface area contributed by atoms with Crippen molar-refractivity contribution in [3.63, 3.8) is 0 Å². The Morgan fingerprint density at radius 1 is 0.677 bits per heavy atom. The topological polar surface area (TPSA) is 26.0 Å². The first-order valence-electron chi connectivity index (χ1n) is 14.1. The van der Waals surface area contributed by atoms with Gasteiger partial charge in [0.25, 0.3) is 0 Å². The Bertz CT molecular complexity index is 724. The molecule has 0 radical (unpaired) electrons. The zero-order valence-electron chi connectivity index (χ0n) is 22.2. The molecule has 0 aromatic heterocycles. The van der Waals surface area contributed by atoms with Gasteiger partial charge in [-0.3, -0.25) is 0 Å². The molecule has 1 heteroatoms. The van der Waals surface area contributed by atoms with Crippen LogP contribution in [-0.4, -0.2) is 6.04 Å². The van der Waals surface area contributed by atoms with Crippen LogP contribution in [0.25, 0.3) is 0 Å². The van der Waals surface area contributed by atoms with Crippen LogP contribution < -0.4 is 5.73 Å². The molecule has 0 aromatic carbocycles. The Hall–Kier alpha value is -0.0400. The fourth-order valence-electron chi connectivity index (χ4n) is 11.8. The van der Waals surface area contributed by atoms with Gasteiger partial charge in [-0.15, -0.1) is 0 Å². The molecule has 5 fully saturated rings. The Morgan fingerprint density at radius 3 is 2.06 bits per heavy atom. The summed E-state index contributed by atoms with van der Waals surface area (Å²) < 4.78 is 0. The van der Waals surface area contributed by atoms with Crippen molar-refractivity contribution in [2.75, 3.05) is 0 Å². The third kappa shape index (κ3) is 2.71. The molecule has 5 aliphatic carbocycles. The molecule has 178 valence electrons. The van der Waals surface area contributed by atoms with Crippen LogP contribution in [0.3, 0.4) is 0 Å². The number of rotatable bonds is 1. The van der Waals surface area contributed by atoms with E-state index in [1.54, 1.807) is 0 Å². The summed E-state index contributed by atoms with van der Waals surface area (Å²) in [6.07, 6.45) is 14.3. The molecule has 10 atom stereocenters. The zero-order valence-corrected chi connectivity index (χ0v) is 22.2. The van der Waals surface area contributed by atoms with Crippen LogP contribution in [0.4, 0.5) is 0 Å². The van der Waals surface area contributed by atoms with Gasteiger partial charge in [0.2, 0.25) is 0 Å². The van der Waals surface area contributed by atoms with Gasteiger partial charge in [-0.25, -0.2) is 0 Å². The van der Waals surface area contributed by atoms with Crippen molar-refractivity contribution in [3.8, 4) is 0 Å². The highest BCUT2D eigenvalue weighted by Gasteiger charge is 2.70.